The number of rotatable bonds is 8. The highest BCUT2D eigenvalue weighted by Gasteiger charge is 2.47. The fourth-order valence-electron chi connectivity index (χ4n) is 4.68. The third-order valence-electron chi connectivity index (χ3n) is 5.93. The van der Waals surface area contributed by atoms with Gasteiger partial charge in [-0.05, 0) is 79.1 Å². The average molecular weight is 453 g/mol. The number of Topliss-reactive ketones (excluding diaryl/α,β-unsaturated/α-hetero) is 1. The van der Waals surface area contributed by atoms with E-state index in [1.165, 1.54) is 5.06 Å². The first-order valence-electron chi connectivity index (χ1n) is 11.9. The van der Waals surface area contributed by atoms with Crippen LogP contribution in [0, 0.1) is 17.3 Å². The Balaban J connectivity index is 2.87. The van der Waals surface area contributed by atoms with Crippen LogP contribution in [-0.2, 0) is 9.53 Å². The van der Waals surface area contributed by atoms with Crippen molar-refractivity contribution in [2.75, 3.05) is 0 Å². The number of piperidine rings is 1. The van der Waals surface area contributed by atoms with Crippen LogP contribution >= 0.6 is 0 Å². The summed E-state index contributed by atoms with van der Waals surface area (Å²) in [5, 5.41) is 14.9. The van der Waals surface area contributed by atoms with E-state index in [0.29, 0.717) is 25.2 Å². The number of ketones is 1. The molecule has 1 rings (SSSR count). The van der Waals surface area contributed by atoms with Gasteiger partial charge in [0.25, 0.3) is 0 Å². The number of hydrogen-bond acceptors (Lipinski definition) is 5. The van der Waals surface area contributed by atoms with E-state index >= 15 is 0 Å². The molecule has 1 aliphatic rings. The second-order valence-electron chi connectivity index (χ2n) is 12.9. The molecule has 0 unspecified atom stereocenters. The van der Waals surface area contributed by atoms with Gasteiger partial charge >= 0.3 is 6.09 Å². The highest BCUT2D eigenvalue weighted by molar-refractivity contribution is 5.82. The fourth-order valence-corrected chi connectivity index (χ4v) is 4.68. The van der Waals surface area contributed by atoms with Crippen molar-refractivity contribution >= 4 is 11.9 Å². The van der Waals surface area contributed by atoms with E-state index in [-0.39, 0.29) is 23.2 Å². The Morgan fingerprint density at radius 3 is 2.03 bits per heavy atom. The normalized spacial score (nSPS) is 21.0. The molecule has 32 heavy (non-hydrogen) atoms. The summed E-state index contributed by atoms with van der Waals surface area (Å²) in [6.45, 7) is 21.8. The Morgan fingerprint density at radius 1 is 1.09 bits per heavy atom. The molecule has 0 bridgehead atoms. The standard InChI is InChI=1S/C26H48N2O4/c1-18(2)14-20(27-22(30)32-23(3,4)5)12-13-24(6,7)17-21(29)19-15-25(8,9)28(31)26(10,11)16-19/h12-13,18-20,31H,14-17H2,1-11H3,(H,27,30)/b13-12+/t20-/m1/s1. The van der Waals surface area contributed by atoms with Crippen molar-refractivity contribution in [3.8, 4) is 0 Å². The minimum absolute atomic E-state index is 0.0811. The van der Waals surface area contributed by atoms with Gasteiger partial charge in [0.15, 0.2) is 0 Å². The number of nitrogens with zero attached hydrogens (tertiary/aromatic N) is 1. The molecule has 0 aliphatic carbocycles. The molecule has 1 fully saturated rings. The summed E-state index contributed by atoms with van der Waals surface area (Å²) >= 11 is 0. The Kier molecular flexibility index (Phi) is 9.17. The van der Waals surface area contributed by atoms with Gasteiger partial charge in [0.1, 0.15) is 11.4 Å². The third kappa shape index (κ3) is 9.22. The zero-order chi connectivity index (χ0) is 25.1. The Morgan fingerprint density at radius 2 is 1.59 bits per heavy atom. The molecule has 1 amide bonds. The average Bonchev–Trinajstić information content (AvgIpc) is 2.54. The van der Waals surface area contributed by atoms with Crippen LogP contribution in [0.2, 0.25) is 0 Å². The molecule has 0 aromatic rings. The minimum Gasteiger partial charge on any atom is -0.444 e. The maximum Gasteiger partial charge on any atom is 0.408 e. The van der Waals surface area contributed by atoms with Crippen LogP contribution in [-0.4, -0.2) is 44.9 Å². The first-order chi connectivity index (χ1) is 14.2. The first-order valence-corrected chi connectivity index (χ1v) is 11.9. The van der Waals surface area contributed by atoms with Crippen molar-refractivity contribution in [2.24, 2.45) is 17.3 Å². The maximum absolute atomic E-state index is 13.2. The number of carbonyl (C=O) groups excluding carboxylic acids is 2. The van der Waals surface area contributed by atoms with Crippen molar-refractivity contribution in [3.05, 3.63) is 12.2 Å². The predicted octanol–water partition coefficient (Wildman–Crippen LogP) is 6.13. The molecule has 0 aromatic heterocycles. The number of carbonyl (C=O) groups is 2. The number of allylic oxidation sites excluding steroid dienone is 1. The Bertz CT molecular complexity index is 668. The van der Waals surface area contributed by atoms with Crippen LogP contribution in [0.4, 0.5) is 4.79 Å². The van der Waals surface area contributed by atoms with Crippen LogP contribution in [0.5, 0.6) is 0 Å². The zero-order valence-corrected chi connectivity index (χ0v) is 22.3. The van der Waals surface area contributed by atoms with Crippen molar-refractivity contribution in [2.45, 2.75) is 125 Å². The SMILES string of the molecule is CC(C)C[C@@H](/C=C/C(C)(C)CC(=O)C1CC(C)(C)N(O)C(C)(C)C1)NC(=O)OC(C)(C)C. The lowest BCUT2D eigenvalue weighted by Crippen LogP contribution is -2.60. The Hall–Kier alpha value is -1.40. The molecule has 0 aromatic carbocycles. The molecular weight excluding hydrogens is 404 g/mol. The molecule has 1 aliphatic heterocycles. The van der Waals surface area contributed by atoms with Crippen LogP contribution in [0.3, 0.4) is 0 Å². The van der Waals surface area contributed by atoms with Crippen molar-refractivity contribution in [1.82, 2.24) is 10.4 Å². The van der Waals surface area contributed by atoms with Crippen molar-refractivity contribution in [3.63, 3.8) is 0 Å². The lowest BCUT2D eigenvalue weighted by Gasteiger charge is -2.51. The van der Waals surface area contributed by atoms with E-state index in [0.717, 1.165) is 6.42 Å². The lowest BCUT2D eigenvalue weighted by molar-refractivity contribution is -0.249. The van der Waals surface area contributed by atoms with Crippen LogP contribution < -0.4 is 5.32 Å². The summed E-state index contributed by atoms with van der Waals surface area (Å²) in [5.41, 5.74) is -1.77. The molecule has 2 N–H and O–H groups in total. The molecule has 1 saturated heterocycles. The highest BCUT2D eigenvalue weighted by Crippen LogP contribution is 2.41. The monoisotopic (exact) mass is 452 g/mol. The van der Waals surface area contributed by atoms with E-state index in [4.69, 9.17) is 4.74 Å². The van der Waals surface area contributed by atoms with Gasteiger partial charge in [-0.15, -0.1) is 0 Å². The van der Waals surface area contributed by atoms with E-state index in [1.807, 2.05) is 60.6 Å². The second-order valence-corrected chi connectivity index (χ2v) is 12.9. The summed E-state index contributed by atoms with van der Waals surface area (Å²) in [7, 11) is 0. The number of ether oxygens (including phenoxy) is 1. The number of alkyl carbamates (subject to hydrolysis) is 1. The largest absolute Gasteiger partial charge is 0.444 e. The highest BCUT2D eigenvalue weighted by atomic mass is 16.6. The van der Waals surface area contributed by atoms with Gasteiger partial charge in [0.2, 0.25) is 0 Å². The van der Waals surface area contributed by atoms with Crippen LogP contribution in [0.1, 0.15) is 102 Å². The van der Waals surface area contributed by atoms with Gasteiger partial charge in [-0.2, -0.15) is 5.06 Å². The van der Waals surface area contributed by atoms with E-state index in [2.05, 4.69) is 33.0 Å². The number of nitrogens with one attached hydrogen (secondary N) is 1. The summed E-state index contributed by atoms with van der Waals surface area (Å²) in [5.74, 6) is 0.550. The van der Waals surface area contributed by atoms with E-state index in [9.17, 15) is 14.8 Å². The number of amides is 1. The molecule has 6 heteroatoms. The van der Waals surface area contributed by atoms with Crippen LogP contribution in [0.15, 0.2) is 12.2 Å². The first kappa shape index (κ1) is 28.6. The van der Waals surface area contributed by atoms with Crippen molar-refractivity contribution < 1.29 is 19.5 Å². The molecule has 1 atom stereocenters. The zero-order valence-electron chi connectivity index (χ0n) is 22.3. The molecule has 0 saturated carbocycles. The fraction of sp³-hybridized carbons (Fsp3) is 0.846. The summed E-state index contributed by atoms with van der Waals surface area (Å²) in [6.07, 6.45) is 6.11. The van der Waals surface area contributed by atoms with Gasteiger partial charge in [-0.3, -0.25) is 4.79 Å². The number of hydrogen-bond donors (Lipinski definition) is 2. The van der Waals surface area contributed by atoms with Gasteiger partial charge in [-0.1, -0.05) is 39.8 Å². The predicted molar refractivity (Wildman–Crippen MR) is 130 cm³/mol. The smallest absolute Gasteiger partial charge is 0.408 e. The van der Waals surface area contributed by atoms with Crippen molar-refractivity contribution in [1.29, 1.82) is 0 Å². The van der Waals surface area contributed by atoms with Gasteiger partial charge in [0.05, 0.1) is 6.04 Å². The summed E-state index contributed by atoms with van der Waals surface area (Å²) in [6, 6.07) is -0.158. The topological polar surface area (TPSA) is 78.9 Å². The van der Waals surface area contributed by atoms with E-state index < -0.39 is 22.8 Å². The quantitative estimate of drug-likeness (QED) is 0.433. The second kappa shape index (κ2) is 10.3. The van der Waals surface area contributed by atoms with Gasteiger partial charge in [-0.25, -0.2) is 4.79 Å². The molecule has 1 heterocycles. The van der Waals surface area contributed by atoms with Gasteiger partial charge < -0.3 is 15.3 Å². The summed E-state index contributed by atoms with van der Waals surface area (Å²) < 4.78 is 5.41. The molecule has 0 spiro atoms. The third-order valence-corrected chi connectivity index (χ3v) is 5.93. The molecular formula is C26H48N2O4. The summed E-state index contributed by atoms with van der Waals surface area (Å²) in [4.78, 5) is 25.5. The molecule has 0 radical (unpaired) electrons. The molecule has 6 nitrogen and oxygen atoms in total. The lowest BCUT2D eigenvalue weighted by atomic mass is 9.71. The number of hydroxylamine groups is 2. The van der Waals surface area contributed by atoms with E-state index in [1.54, 1.807) is 0 Å². The minimum atomic E-state index is -0.548. The molecule has 186 valence electrons. The Labute approximate surface area is 196 Å². The maximum atomic E-state index is 13.2. The van der Waals surface area contributed by atoms with Crippen LogP contribution in [0.25, 0.3) is 0 Å². The van der Waals surface area contributed by atoms with Gasteiger partial charge in [0, 0.05) is 23.4 Å².